The molecule has 0 radical (unpaired) electrons. The van der Waals surface area contributed by atoms with Crippen LogP contribution in [0.25, 0.3) is 0 Å². The number of nitrogens with two attached hydrogens (primary N) is 2. The molecular formula is C28H34N4O6. The maximum absolute atomic E-state index is 13.3. The predicted octanol–water partition coefficient (Wildman–Crippen LogP) is 2.38. The average Bonchev–Trinajstić information content (AvgIpc) is 3.65. The van der Waals surface area contributed by atoms with Crippen LogP contribution in [0.4, 0.5) is 9.59 Å². The Kier molecular flexibility index (Phi) is 9.09. The molecule has 2 heterocycles. The fourth-order valence-electron chi connectivity index (χ4n) is 4.96. The molecule has 0 bridgehead atoms. The Morgan fingerprint density at radius 2 is 1.05 bits per heavy atom. The van der Waals surface area contributed by atoms with Gasteiger partial charge in [-0.15, -0.1) is 0 Å². The Morgan fingerprint density at radius 1 is 0.684 bits per heavy atom. The van der Waals surface area contributed by atoms with Crippen LogP contribution in [0.5, 0.6) is 0 Å². The van der Waals surface area contributed by atoms with Crippen molar-refractivity contribution in [3.8, 4) is 0 Å². The number of hydrogen-bond acceptors (Lipinski definition) is 8. The molecule has 2 aliphatic heterocycles. The molecule has 0 unspecified atom stereocenters. The van der Waals surface area contributed by atoms with E-state index in [1.165, 1.54) is 9.80 Å². The third-order valence-corrected chi connectivity index (χ3v) is 7.09. The van der Waals surface area contributed by atoms with E-state index in [1.807, 2.05) is 60.7 Å². The van der Waals surface area contributed by atoms with E-state index in [0.717, 1.165) is 11.1 Å². The first-order valence-electron chi connectivity index (χ1n) is 12.9. The molecule has 4 rings (SSSR count). The highest BCUT2D eigenvalue weighted by Crippen LogP contribution is 2.24. The predicted molar refractivity (Wildman–Crippen MR) is 139 cm³/mol. The number of hydrogen-bond donors (Lipinski definition) is 2. The van der Waals surface area contributed by atoms with Gasteiger partial charge in [-0.25, -0.2) is 9.59 Å². The number of likely N-dealkylation sites (tertiary alicyclic amines) is 2. The molecule has 2 aromatic carbocycles. The molecule has 10 heteroatoms. The summed E-state index contributed by atoms with van der Waals surface area (Å²) in [6, 6.07) is 14.2. The van der Waals surface area contributed by atoms with Gasteiger partial charge in [0.1, 0.15) is 13.2 Å². The summed E-state index contributed by atoms with van der Waals surface area (Å²) in [6.07, 6.45) is 0.817. The number of rotatable bonds is 9. The number of ether oxygens (including phenoxy) is 2. The summed E-state index contributed by atoms with van der Waals surface area (Å²) in [6.45, 7) is 0.866. The number of ketones is 2. The summed E-state index contributed by atoms with van der Waals surface area (Å²) >= 11 is 0. The third-order valence-electron chi connectivity index (χ3n) is 7.09. The minimum absolute atomic E-state index is 0.0824. The van der Waals surface area contributed by atoms with Crippen LogP contribution in [0, 0.1) is 0 Å². The number of amides is 2. The van der Waals surface area contributed by atoms with Crippen LogP contribution >= 0.6 is 0 Å². The first kappa shape index (κ1) is 27.3. The zero-order chi connectivity index (χ0) is 27.1. The van der Waals surface area contributed by atoms with Crippen LogP contribution in [0.15, 0.2) is 60.7 Å². The van der Waals surface area contributed by atoms with E-state index in [0.29, 0.717) is 38.8 Å². The van der Waals surface area contributed by atoms with Crippen molar-refractivity contribution >= 4 is 23.8 Å². The van der Waals surface area contributed by atoms with Gasteiger partial charge < -0.3 is 20.9 Å². The van der Waals surface area contributed by atoms with Crippen molar-refractivity contribution in [3.63, 3.8) is 0 Å². The van der Waals surface area contributed by atoms with Crippen molar-refractivity contribution in [2.45, 2.75) is 63.1 Å². The lowest BCUT2D eigenvalue weighted by Gasteiger charge is -2.29. The normalized spacial score (nSPS) is 20.6. The molecule has 2 amide bonds. The molecule has 0 spiro atoms. The molecule has 202 valence electrons. The molecule has 2 fully saturated rings. The van der Waals surface area contributed by atoms with E-state index in [-0.39, 0.29) is 13.2 Å². The van der Waals surface area contributed by atoms with Crippen molar-refractivity contribution < 1.29 is 28.7 Å². The average molecular weight is 523 g/mol. The lowest BCUT2D eigenvalue weighted by molar-refractivity contribution is -0.130. The third kappa shape index (κ3) is 6.38. The van der Waals surface area contributed by atoms with Crippen molar-refractivity contribution in [3.05, 3.63) is 71.8 Å². The van der Waals surface area contributed by atoms with Gasteiger partial charge in [0.25, 0.3) is 0 Å². The molecule has 2 aliphatic rings. The second kappa shape index (κ2) is 12.7. The maximum atomic E-state index is 13.3. The van der Waals surface area contributed by atoms with Gasteiger partial charge in [0.2, 0.25) is 0 Å². The summed E-state index contributed by atoms with van der Waals surface area (Å²) in [5, 5.41) is 0. The Balaban J connectivity index is 1.33. The Hall–Kier alpha value is -3.76. The van der Waals surface area contributed by atoms with Gasteiger partial charge in [-0.05, 0) is 36.8 Å². The second-order valence-electron chi connectivity index (χ2n) is 9.64. The first-order valence-corrected chi connectivity index (χ1v) is 12.9. The molecular weight excluding hydrogens is 488 g/mol. The minimum Gasteiger partial charge on any atom is -0.445 e. The van der Waals surface area contributed by atoms with E-state index < -0.39 is 47.9 Å². The highest BCUT2D eigenvalue weighted by Gasteiger charge is 2.44. The van der Waals surface area contributed by atoms with E-state index in [9.17, 15) is 19.2 Å². The van der Waals surface area contributed by atoms with E-state index in [4.69, 9.17) is 20.9 Å². The SMILES string of the molecule is N[C@H](C(=O)[C@@H]1CCCN1C(=O)OCc1ccccc1)[C@H](N)C(=O)[C@@H]1CCCN1C(=O)OCc1ccccc1. The van der Waals surface area contributed by atoms with E-state index in [2.05, 4.69) is 0 Å². The molecule has 4 N–H and O–H groups in total. The van der Waals surface area contributed by atoms with Crippen LogP contribution in [0.3, 0.4) is 0 Å². The molecule has 0 saturated carbocycles. The van der Waals surface area contributed by atoms with Crippen molar-refractivity contribution in [2.24, 2.45) is 11.5 Å². The summed E-state index contributed by atoms with van der Waals surface area (Å²) in [5.41, 5.74) is 14.0. The number of nitrogens with zero attached hydrogens (tertiary/aromatic N) is 2. The Labute approximate surface area is 221 Å². The monoisotopic (exact) mass is 522 g/mol. The van der Waals surface area contributed by atoms with Gasteiger partial charge in [-0.2, -0.15) is 0 Å². The molecule has 4 atom stereocenters. The van der Waals surface area contributed by atoms with Gasteiger partial charge >= 0.3 is 12.2 Å². The highest BCUT2D eigenvalue weighted by molar-refractivity contribution is 6.00. The standard InChI is InChI=1S/C28H34N4O6/c29-23(25(33)21-13-7-15-31(21)27(35)37-17-19-9-3-1-4-10-19)24(30)26(34)22-14-8-16-32(22)28(36)38-18-20-11-5-2-6-12-20/h1-6,9-12,21-24H,7-8,13-18,29-30H2/t21-,22-,23-,24-/m0/s1. The molecule has 10 nitrogen and oxygen atoms in total. The van der Waals surface area contributed by atoms with Crippen LogP contribution in [0.2, 0.25) is 0 Å². The summed E-state index contributed by atoms with van der Waals surface area (Å²) < 4.78 is 10.8. The fraction of sp³-hybridized carbons (Fsp3) is 0.429. The molecule has 0 aromatic heterocycles. The number of carbonyl (C=O) groups is 4. The van der Waals surface area contributed by atoms with E-state index >= 15 is 0 Å². The van der Waals surface area contributed by atoms with Crippen LogP contribution < -0.4 is 11.5 Å². The number of benzene rings is 2. The van der Waals surface area contributed by atoms with E-state index in [1.54, 1.807) is 0 Å². The lowest BCUT2D eigenvalue weighted by atomic mass is 9.92. The fourth-order valence-corrected chi connectivity index (χ4v) is 4.96. The van der Waals surface area contributed by atoms with Crippen LogP contribution in [-0.2, 0) is 32.3 Å². The zero-order valence-corrected chi connectivity index (χ0v) is 21.2. The summed E-state index contributed by atoms with van der Waals surface area (Å²) in [5.74, 6) is -0.979. The Morgan fingerprint density at radius 3 is 1.42 bits per heavy atom. The van der Waals surface area contributed by atoms with Gasteiger partial charge in [0.15, 0.2) is 11.6 Å². The quantitative estimate of drug-likeness (QED) is 0.511. The topological polar surface area (TPSA) is 145 Å². The number of carbonyl (C=O) groups excluding carboxylic acids is 4. The maximum Gasteiger partial charge on any atom is 0.410 e. The Bertz CT molecular complexity index is 1040. The second-order valence-corrected chi connectivity index (χ2v) is 9.64. The van der Waals surface area contributed by atoms with Crippen molar-refractivity contribution in [2.75, 3.05) is 13.1 Å². The van der Waals surface area contributed by atoms with Gasteiger partial charge in [-0.3, -0.25) is 19.4 Å². The van der Waals surface area contributed by atoms with Crippen LogP contribution in [0.1, 0.15) is 36.8 Å². The molecule has 38 heavy (non-hydrogen) atoms. The zero-order valence-electron chi connectivity index (χ0n) is 21.2. The largest absolute Gasteiger partial charge is 0.445 e. The smallest absolute Gasteiger partial charge is 0.410 e. The molecule has 0 aliphatic carbocycles. The minimum atomic E-state index is -1.32. The molecule has 2 aromatic rings. The molecule has 2 saturated heterocycles. The van der Waals surface area contributed by atoms with Crippen molar-refractivity contribution in [1.29, 1.82) is 0 Å². The highest BCUT2D eigenvalue weighted by atomic mass is 16.6. The summed E-state index contributed by atoms with van der Waals surface area (Å²) in [4.78, 5) is 54.6. The van der Waals surface area contributed by atoms with Crippen molar-refractivity contribution in [1.82, 2.24) is 9.80 Å². The van der Waals surface area contributed by atoms with Gasteiger partial charge in [0, 0.05) is 13.1 Å². The summed E-state index contributed by atoms with van der Waals surface area (Å²) in [7, 11) is 0. The van der Waals surface area contributed by atoms with Crippen LogP contribution in [-0.4, -0.2) is 70.8 Å². The number of Topliss-reactive ketones (excluding diaryl/α,β-unsaturated/α-hetero) is 2. The van der Waals surface area contributed by atoms with Gasteiger partial charge in [0.05, 0.1) is 24.2 Å². The van der Waals surface area contributed by atoms with Gasteiger partial charge in [-0.1, -0.05) is 60.7 Å². The lowest BCUT2D eigenvalue weighted by Crippen LogP contribution is -2.60. The first-order chi connectivity index (χ1) is 18.4.